The highest BCUT2D eigenvalue weighted by Gasteiger charge is 2.06. The number of hydrogen-bond acceptors (Lipinski definition) is 2. The van der Waals surface area contributed by atoms with Crippen LogP contribution in [0.25, 0.3) is 11.1 Å². The van der Waals surface area contributed by atoms with Gasteiger partial charge in [0.25, 0.3) is 0 Å². The van der Waals surface area contributed by atoms with Crippen LogP contribution in [0.3, 0.4) is 0 Å². The van der Waals surface area contributed by atoms with Crippen molar-refractivity contribution in [3.63, 3.8) is 0 Å². The second-order valence-corrected chi connectivity index (χ2v) is 4.90. The Kier molecular flexibility index (Phi) is 3.88. The van der Waals surface area contributed by atoms with Gasteiger partial charge in [-0.1, -0.05) is 48.5 Å². The van der Waals surface area contributed by atoms with Crippen LogP contribution in [0.15, 0.2) is 78.9 Å². The van der Waals surface area contributed by atoms with Gasteiger partial charge < -0.3 is 10.5 Å². The van der Waals surface area contributed by atoms with Crippen LogP contribution in [-0.4, -0.2) is 5.84 Å². The fourth-order valence-electron chi connectivity index (χ4n) is 2.24. The van der Waals surface area contributed by atoms with Crippen LogP contribution in [-0.2, 0) is 0 Å². The number of benzene rings is 3. The average Bonchev–Trinajstić information content (AvgIpc) is 2.57. The third-order valence-corrected chi connectivity index (χ3v) is 3.36. The summed E-state index contributed by atoms with van der Waals surface area (Å²) in [5.41, 5.74) is 8.29. The Balaban J connectivity index is 1.91. The fraction of sp³-hybridized carbons (Fsp3) is 0. The van der Waals surface area contributed by atoms with Crippen molar-refractivity contribution in [2.24, 2.45) is 5.73 Å². The number of amidine groups is 1. The smallest absolute Gasteiger partial charge is 0.135 e. The zero-order chi connectivity index (χ0) is 15.4. The molecule has 0 aliphatic rings. The number of nitrogens with two attached hydrogens (primary N) is 1. The molecule has 3 heteroatoms. The fourth-order valence-corrected chi connectivity index (χ4v) is 2.24. The lowest BCUT2D eigenvalue weighted by atomic mass is 10.0. The van der Waals surface area contributed by atoms with Crippen molar-refractivity contribution < 1.29 is 4.74 Å². The Morgan fingerprint density at radius 3 is 2.09 bits per heavy atom. The van der Waals surface area contributed by atoms with E-state index in [9.17, 15) is 0 Å². The summed E-state index contributed by atoms with van der Waals surface area (Å²) >= 11 is 0. The lowest BCUT2D eigenvalue weighted by molar-refractivity contribution is 0.484. The summed E-state index contributed by atoms with van der Waals surface area (Å²) in [7, 11) is 0. The Hall–Kier alpha value is -3.07. The minimum absolute atomic E-state index is 0.0521. The van der Waals surface area contributed by atoms with E-state index in [2.05, 4.69) is 12.1 Å². The van der Waals surface area contributed by atoms with E-state index in [0.29, 0.717) is 11.3 Å². The summed E-state index contributed by atoms with van der Waals surface area (Å²) in [6.45, 7) is 0. The van der Waals surface area contributed by atoms with Crippen LogP contribution < -0.4 is 10.5 Å². The zero-order valence-electron chi connectivity index (χ0n) is 12.0. The molecule has 0 unspecified atom stereocenters. The van der Waals surface area contributed by atoms with Crippen LogP contribution in [0.2, 0.25) is 0 Å². The van der Waals surface area contributed by atoms with Gasteiger partial charge in [0.15, 0.2) is 0 Å². The first kappa shape index (κ1) is 13.9. The molecule has 3 aromatic rings. The molecule has 0 aliphatic heterocycles. The van der Waals surface area contributed by atoms with Crippen molar-refractivity contribution in [3.8, 4) is 22.6 Å². The number of ether oxygens (including phenoxy) is 1. The van der Waals surface area contributed by atoms with E-state index in [1.54, 1.807) is 12.1 Å². The summed E-state index contributed by atoms with van der Waals surface area (Å²) in [4.78, 5) is 0. The van der Waals surface area contributed by atoms with Crippen molar-refractivity contribution in [2.45, 2.75) is 0 Å². The summed E-state index contributed by atoms with van der Waals surface area (Å²) in [5, 5.41) is 7.41. The largest absolute Gasteiger partial charge is 0.457 e. The van der Waals surface area contributed by atoms with Crippen molar-refractivity contribution in [3.05, 3.63) is 84.4 Å². The van der Waals surface area contributed by atoms with Gasteiger partial charge in [-0.2, -0.15) is 0 Å². The second kappa shape index (κ2) is 6.14. The van der Waals surface area contributed by atoms with Crippen LogP contribution in [0.1, 0.15) is 5.56 Å². The SMILES string of the molecule is N=C(N)c1ccc(Oc2ccccc2-c2ccccc2)cc1. The highest BCUT2D eigenvalue weighted by Crippen LogP contribution is 2.33. The van der Waals surface area contributed by atoms with E-state index >= 15 is 0 Å². The van der Waals surface area contributed by atoms with Crippen LogP contribution in [0, 0.1) is 5.41 Å². The molecule has 3 N–H and O–H groups in total. The van der Waals surface area contributed by atoms with Crippen molar-refractivity contribution in [1.29, 1.82) is 5.41 Å². The third kappa shape index (κ3) is 2.99. The monoisotopic (exact) mass is 288 g/mol. The molecule has 108 valence electrons. The number of para-hydroxylation sites is 1. The number of rotatable bonds is 4. The Morgan fingerprint density at radius 1 is 0.773 bits per heavy atom. The van der Waals surface area contributed by atoms with E-state index in [0.717, 1.165) is 16.9 Å². The molecule has 0 radical (unpaired) electrons. The first-order valence-electron chi connectivity index (χ1n) is 7.01. The van der Waals surface area contributed by atoms with Gasteiger partial charge in [0.05, 0.1) is 0 Å². The standard InChI is InChI=1S/C19H16N2O/c20-19(21)15-10-12-16(13-11-15)22-18-9-5-4-8-17(18)14-6-2-1-3-7-14/h1-13H,(H3,20,21). The lowest BCUT2D eigenvalue weighted by Crippen LogP contribution is -2.10. The molecular formula is C19H16N2O. The van der Waals surface area contributed by atoms with Crippen molar-refractivity contribution in [1.82, 2.24) is 0 Å². The normalized spacial score (nSPS) is 10.2. The van der Waals surface area contributed by atoms with Crippen molar-refractivity contribution in [2.75, 3.05) is 0 Å². The molecule has 3 nitrogen and oxygen atoms in total. The molecule has 0 amide bonds. The summed E-state index contributed by atoms with van der Waals surface area (Å²) in [5.74, 6) is 1.56. The topological polar surface area (TPSA) is 59.1 Å². The quantitative estimate of drug-likeness (QED) is 0.551. The van der Waals surface area contributed by atoms with Gasteiger partial charge in [-0.25, -0.2) is 0 Å². The van der Waals surface area contributed by atoms with Gasteiger partial charge >= 0.3 is 0 Å². The van der Waals surface area contributed by atoms with Crippen molar-refractivity contribution >= 4 is 5.84 Å². The number of hydrogen-bond donors (Lipinski definition) is 2. The molecule has 3 rings (SSSR count). The predicted octanol–water partition coefficient (Wildman–Crippen LogP) is 4.43. The minimum Gasteiger partial charge on any atom is -0.457 e. The van der Waals surface area contributed by atoms with E-state index in [4.69, 9.17) is 15.9 Å². The third-order valence-electron chi connectivity index (χ3n) is 3.36. The van der Waals surface area contributed by atoms with Crippen LogP contribution >= 0.6 is 0 Å². The molecule has 0 aliphatic carbocycles. The maximum atomic E-state index is 7.41. The van der Waals surface area contributed by atoms with Gasteiger partial charge in [0, 0.05) is 11.1 Å². The Labute approximate surface area is 129 Å². The molecule has 0 saturated carbocycles. The van der Waals surface area contributed by atoms with E-state index in [-0.39, 0.29) is 5.84 Å². The highest BCUT2D eigenvalue weighted by atomic mass is 16.5. The van der Waals surface area contributed by atoms with Gasteiger partial charge in [-0.3, -0.25) is 5.41 Å². The Morgan fingerprint density at radius 2 is 1.41 bits per heavy atom. The van der Waals surface area contributed by atoms with Crippen LogP contribution in [0.4, 0.5) is 0 Å². The summed E-state index contributed by atoms with van der Waals surface area (Å²) in [6, 6.07) is 25.2. The maximum Gasteiger partial charge on any atom is 0.135 e. The van der Waals surface area contributed by atoms with Gasteiger partial charge in [0.1, 0.15) is 17.3 Å². The number of nitrogen functional groups attached to an aromatic ring is 1. The Bertz CT molecular complexity index is 780. The molecule has 0 bridgehead atoms. The van der Waals surface area contributed by atoms with Gasteiger partial charge in [-0.05, 0) is 35.9 Å². The van der Waals surface area contributed by atoms with E-state index < -0.39 is 0 Å². The van der Waals surface area contributed by atoms with E-state index in [1.165, 1.54) is 0 Å². The lowest BCUT2D eigenvalue weighted by Gasteiger charge is -2.11. The predicted molar refractivity (Wildman–Crippen MR) is 89.4 cm³/mol. The maximum absolute atomic E-state index is 7.41. The second-order valence-electron chi connectivity index (χ2n) is 4.90. The first-order chi connectivity index (χ1) is 10.7. The van der Waals surface area contributed by atoms with Gasteiger partial charge in [-0.15, -0.1) is 0 Å². The molecule has 0 aromatic heterocycles. The molecule has 0 atom stereocenters. The summed E-state index contributed by atoms with van der Waals surface area (Å²) < 4.78 is 5.99. The average molecular weight is 288 g/mol. The summed E-state index contributed by atoms with van der Waals surface area (Å²) in [6.07, 6.45) is 0. The van der Waals surface area contributed by atoms with Gasteiger partial charge in [0.2, 0.25) is 0 Å². The molecule has 0 heterocycles. The first-order valence-corrected chi connectivity index (χ1v) is 7.01. The number of nitrogens with one attached hydrogen (secondary N) is 1. The molecular weight excluding hydrogens is 272 g/mol. The molecule has 0 saturated heterocycles. The minimum atomic E-state index is 0.0521. The molecule has 0 spiro atoms. The molecule has 0 fully saturated rings. The molecule has 22 heavy (non-hydrogen) atoms. The van der Waals surface area contributed by atoms with Crippen LogP contribution in [0.5, 0.6) is 11.5 Å². The highest BCUT2D eigenvalue weighted by molar-refractivity contribution is 5.95. The molecule has 3 aromatic carbocycles. The van der Waals surface area contributed by atoms with E-state index in [1.807, 2.05) is 54.6 Å². The zero-order valence-corrected chi connectivity index (χ0v) is 12.0.